The molecule has 0 bridgehead atoms. The summed E-state index contributed by atoms with van der Waals surface area (Å²) in [5.41, 5.74) is 9.98. The number of nitrogens with one attached hydrogen (secondary N) is 1. The summed E-state index contributed by atoms with van der Waals surface area (Å²) < 4.78 is 27.5. The molecule has 236 valence electrons. The average molecular weight is 607 g/mol. The molecule has 0 radical (unpaired) electrons. The Bertz CT molecular complexity index is 1420. The fourth-order valence-electron chi connectivity index (χ4n) is 5.41. The Morgan fingerprint density at radius 1 is 0.909 bits per heavy atom. The van der Waals surface area contributed by atoms with E-state index in [0.717, 1.165) is 48.6 Å². The van der Waals surface area contributed by atoms with Crippen molar-refractivity contribution >= 4 is 17.5 Å². The number of anilines is 1. The van der Waals surface area contributed by atoms with E-state index in [0.29, 0.717) is 35.8 Å². The highest BCUT2D eigenvalue weighted by atomic mass is 19.1. The average Bonchev–Trinajstić information content (AvgIpc) is 3.79. The lowest BCUT2D eigenvalue weighted by Gasteiger charge is -2.29. The third kappa shape index (κ3) is 9.34. The minimum Gasteiger partial charge on any atom is -0.390 e. The molecule has 3 aromatic carbocycles. The SMILES string of the molecule is CCCN(CCC)C(=O)c1cc(C)cc(C(=O)N(Cc2cccc(NC3CC3)c2)C[C@@H](O)[C@@H](N)Cc2cc(F)cc(F)c2)c1. The van der Waals surface area contributed by atoms with Crippen molar-refractivity contribution in [1.29, 1.82) is 0 Å². The summed E-state index contributed by atoms with van der Waals surface area (Å²) >= 11 is 0. The van der Waals surface area contributed by atoms with Crippen LogP contribution in [0.25, 0.3) is 0 Å². The number of rotatable bonds is 15. The second kappa shape index (κ2) is 15.3. The van der Waals surface area contributed by atoms with Gasteiger partial charge in [0.2, 0.25) is 0 Å². The van der Waals surface area contributed by atoms with Gasteiger partial charge in [0.25, 0.3) is 11.8 Å². The van der Waals surface area contributed by atoms with Crippen molar-refractivity contribution in [2.24, 2.45) is 5.73 Å². The van der Waals surface area contributed by atoms with E-state index in [9.17, 15) is 23.5 Å². The van der Waals surface area contributed by atoms with E-state index in [1.165, 1.54) is 17.0 Å². The first-order valence-electron chi connectivity index (χ1n) is 15.5. The molecule has 1 aliphatic carbocycles. The number of aliphatic hydroxyl groups is 1. The van der Waals surface area contributed by atoms with Crippen LogP contribution in [-0.4, -0.2) is 64.5 Å². The second-order valence-electron chi connectivity index (χ2n) is 11.9. The Hall–Kier alpha value is -3.82. The summed E-state index contributed by atoms with van der Waals surface area (Å²) in [5.74, 6) is -1.93. The van der Waals surface area contributed by atoms with Gasteiger partial charge in [-0.15, -0.1) is 0 Å². The van der Waals surface area contributed by atoms with Gasteiger partial charge in [0.05, 0.1) is 6.10 Å². The molecular weight excluding hydrogens is 562 g/mol. The molecule has 9 heteroatoms. The van der Waals surface area contributed by atoms with Crippen LogP contribution in [0.3, 0.4) is 0 Å². The lowest BCUT2D eigenvalue weighted by molar-refractivity contribution is 0.0554. The summed E-state index contributed by atoms with van der Waals surface area (Å²) in [6.07, 6.45) is 2.73. The molecule has 3 aromatic rings. The van der Waals surface area contributed by atoms with Gasteiger partial charge in [0, 0.05) is 61.1 Å². The minimum atomic E-state index is -1.19. The van der Waals surface area contributed by atoms with Gasteiger partial charge in [-0.2, -0.15) is 0 Å². The van der Waals surface area contributed by atoms with Gasteiger partial charge in [0.1, 0.15) is 11.6 Å². The standard InChI is InChI=1S/C35H44F2N4O3/c1-4-11-40(12-5-2)34(43)26-13-23(3)14-27(19-26)35(44)41(21-24-7-6-8-31(17-24)39-30-9-10-30)22-33(42)32(38)18-25-15-28(36)20-29(37)16-25/h6-8,13-17,19-20,30,32-33,39,42H,4-5,9-12,18,21-22,38H2,1-3H3/t32-,33+/m0/s1. The highest BCUT2D eigenvalue weighted by molar-refractivity contribution is 6.00. The number of nitrogens with zero attached hydrogens (tertiary/aromatic N) is 2. The molecule has 1 fully saturated rings. The van der Waals surface area contributed by atoms with Gasteiger partial charge in [-0.3, -0.25) is 9.59 Å². The van der Waals surface area contributed by atoms with Gasteiger partial charge < -0.3 is 26.0 Å². The summed E-state index contributed by atoms with van der Waals surface area (Å²) in [7, 11) is 0. The number of halogens is 2. The van der Waals surface area contributed by atoms with E-state index in [1.807, 2.05) is 45.0 Å². The van der Waals surface area contributed by atoms with Crippen molar-refractivity contribution < 1.29 is 23.5 Å². The Balaban J connectivity index is 1.60. The summed E-state index contributed by atoms with van der Waals surface area (Å²) in [6.45, 7) is 7.21. The number of hydrogen-bond donors (Lipinski definition) is 3. The largest absolute Gasteiger partial charge is 0.390 e. The first kappa shape index (κ1) is 33.1. The van der Waals surface area contributed by atoms with E-state index in [1.54, 1.807) is 23.1 Å². The van der Waals surface area contributed by atoms with Gasteiger partial charge in [-0.25, -0.2) is 8.78 Å². The predicted octanol–water partition coefficient (Wildman–Crippen LogP) is 5.68. The quantitative estimate of drug-likeness (QED) is 0.207. The maximum Gasteiger partial charge on any atom is 0.254 e. The Labute approximate surface area is 259 Å². The smallest absolute Gasteiger partial charge is 0.254 e. The van der Waals surface area contributed by atoms with Crippen molar-refractivity contribution in [1.82, 2.24) is 9.80 Å². The zero-order chi connectivity index (χ0) is 31.8. The zero-order valence-electron chi connectivity index (χ0n) is 25.9. The molecule has 2 amide bonds. The number of carbonyl (C=O) groups is 2. The summed E-state index contributed by atoms with van der Waals surface area (Å²) in [5, 5.41) is 14.6. The van der Waals surface area contributed by atoms with Crippen molar-refractivity contribution in [3.05, 3.63) is 100 Å². The van der Waals surface area contributed by atoms with Crippen LogP contribution >= 0.6 is 0 Å². The molecular formula is C35H44F2N4O3. The Morgan fingerprint density at radius 3 is 2.11 bits per heavy atom. The molecule has 4 rings (SSSR count). The molecule has 4 N–H and O–H groups in total. The Kier molecular flexibility index (Phi) is 11.5. The van der Waals surface area contributed by atoms with Crippen LogP contribution in [0.2, 0.25) is 0 Å². The van der Waals surface area contributed by atoms with Crippen LogP contribution in [0, 0.1) is 18.6 Å². The van der Waals surface area contributed by atoms with Gasteiger partial charge >= 0.3 is 0 Å². The molecule has 0 unspecified atom stereocenters. The molecule has 2 atom stereocenters. The lowest BCUT2D eigenvalue weighted by Crippen LogP contribution is -2.46. The van der Waals surface area contributed by atoms with Crippen molar-refractivity contribution in [3.63, 3.8) is 0 Å². The van der Waals surface area contributed by atoms with E-state index >= 15 is 0 Å². The first-order chi connectivity index (χ1) is 21.1. The fraction of sp³-hybridized carbons (Fsp3) is 0.429. The molecule has 1 aliphatic rings. The third-order valence-corrected chi connectivity index (χ3v) is 7.68. The number of nitrogens with two attached hydrogens (primary N) is 1. The molecule has 44 heavy (non-hydrogen) atoms. The highest BCUT2D eigenvalue weighted by Crippen LogP contribution is 2.26. The van der Waals surface area contributed by atoms with Crippen LogP contribution in [0.5, 0.6) is 0 Å². The number of aryl methyl sites for hydroxylation is 1. The van der Waals surface area contributed by atoms with Crippen molar-refractivity contribution in [2.75, 3.05) is 25.0 Å². The molecule has 0 saturated heterocycles. The monoisotopic (exact) mass is 606 g/mol. The number of benzene rings is 3. The van der Waals surface area contributed by atoms with Crippen LogP contribution in [-0.2, 0) is 13.0 Å². The van der Waals surface area contributed by atoms with E-state index < -0.39 is 23.8 Å². The van der Waals surface area contributed by atoms with Crippen molar-refractivity contribution in [2.45, 2.75) is 77.6 Å². The van der Waals surface area contributed by atoms with Crippen LogP contribution in [0.1, 0.15) is 76.9 Å². The number of carbonyl (C=O) groups excluding carboxylic acids is 2. The molecule has 0 aliphatic heterocycles. The predicted molar refractivity (Wildman–Crippen MR) is 170 cm³/mol. The second-order valence-corrected chi connectivity index (χ2v) is 11.9. The molecule has 7 nitrogen and oxygen atoms in total. The normalized spacial score (nSPS) is 14.2. The number of amides is 2. The zero-order valence-corrected chi connectivity index (χ0v) is 25.9. The van der Waals surface area contributed by atoms with Gasteiger partial charge in [-0.1, -0.05) is 26.0 Å². The number of hydrogen-bond acceptors (Lipinski definition) is 5. The molecule has 0 aromatic heterocycles. The van der Waals surface area contributed by atoms with Crippen LogP contribution in [0.15, 0.2) is 60.7 Å². The van der Waals surface area contributed by atoms with E-state index in [2.05, 4.69) is 5.32 Å². The highest BCUT2D eigenvalue weighted by Gasteiger charge is 2.26. The Morgan fingerprint density at radius 2 is 1.52 bits per heavy atom. The minimum absolute atomic E-state index is 0.0203. The van der Waals surface area contributed by atoms with Gasteiger partial charge in [0.15, 0.2) is 0 Å². The fourth-order valence-corrected chi connectivity index (χ4v) is 5.41. The van der Waals surface area contributed by atoms with E-state index in [-0.39, 0.29) is 31.3 Å². The van der Waals surface area contributed by atoms with E-state index in [4.69, 9.17) is 5.73 Å². The van der Waals surface area contributed by atoms with Gasteiger partial charge in [-0.05, 0) is 98.2 Å². The maximum atomic E-state index is 14.1. The lowest BCUT2D eigenvalue weighted by atomic mass is 10.00. The summed E-state index contributed by atoms with van der Waals surface area (Å²) in [4.78, 5) is 30.8. The van der Waals surface area contributed by atoms with Crippen LogP contribution in [0.4, 0.5) is 14.5 Å². The molecule has 0 spiro atoms. The third-order valence-electron chi connectivity index (χ3n) is 7.68. The molecule has 0 heterocycles. The van der Waals surface area contributed by atoms with Crippen molar-refractivity contribution in [3.8, 4) is 0 Å². The topological polar surface area (TPSA) is 98.9 Å². The maximum absolute atomic E-state index is 14.1. The number of aliphatic hydroxyl groups excluding tert-OH is 1. The van der Waals surface area contributed by atoms with Crippen LogP contribution < -0.4 is 11.1 Å². The summed E-state index contributed by atoms with van der Waals surface area (Å²) in [6, 6.07) is 15.7. The molecule has 1 saturated carbocycles. The first-order valence-corrected chi connectivity index (χ1v) is 15.5.